The largest absolute Gasteiger partial charge is 0.481 e. The number of likely N-dealkylation sites (tertiary alicyclic amines) is 1. The van der Waals surface area contributed by atoms with Gasteiger partial charge in [0.2, 0.25) is 5.91 Å². The highest BCUT2D eigenvalue weighted by atomic mass is 32.2. The number of aliphatic carboxylic acids is 1. The third kappa shape index (κ3) is 4.24. The summed E-state index contributed by atoms with van der Waals surface area (Å²) in [5, 5.41) is 11.9. The molecule has 1 unspecified atom stereocenters. The van der Waals surface area contributed by atoms with Crippen LogP contribution in [-0.2, 0) is 9.59 Å². The molecule has 1 heterocycles. The number of carboxylic acid groups (broad SMARTS) is 1. The van der Waals surface area contributed by atoms with Crippen LogP contribution >= 0.6 is 11.8 Å². The zero-order valence-electron chi connectivity index (χ0n) is 12.9. The third-order valence-electron chi connectivity index (χ3n) is 4.16. The van der Waals surface area contributed by atoms with E-state index in [0.29, 0.717) is 25.9 Å². The van der Waals surface area contributed by atoms with Gasteiger partial charge >= 0.3 is 5.97 Å². The molecule has 1 aromatic rings. The fourth-order valence-corrected chi connectivity index (χ4v) is 3.03. The second-order valence-corrected chi connectivity index (χ2v) is 6.42. The van der Waals surface area contributed by atoms with Crippen LogP contribution in [0.2, 0.25) is 0 Å². The van der Waals surface area contributed by atoms with Crippen molar-refractivity contribution in [3.63, 3.8) is 0 Å². The summed E-state index contributed by atoms with van der Waals surface area (Å²) in [7, 11) is 0. The molecule has 1 atom stereocenters. The SMILES string of the molecule is CSc1ccc(NC(=O)C(C)N2CCC(C(=O)O)CC2)cc1. The Morgan fingerprint density at radius 1 is 1.27 bits per heavy atom. The van der Waals surface area contributed by atoms with E-state index in [1.165, 1.54) is 0 Å². The zero-order chi connectivity index (χ0) is 16.1. The Bertz CT molecular complexity index is 525. The van der Waals surface area contributed by atoms with Crippen LogP contribution in [0.5, 0.6) is 0 Å². The minimum absolute atomic E-state index is 0.0503. The molecule has 1 aliphatic heterocycles. The minimum Gasteiger partial charge on any atom is -0.481 e. The number of rotatable bonds is 5. The second kappa shape index (κ2) is 7.65. The fourth-order valence-electron chi connectivity index (χ4n) is 2.62. The molecule has 0 spiro atoms. The Hall–Kier alpha value is -1.53. The van der Waals surface area contributed by atoms with E-state index in [-0.39, 0.29) is 17.9 Å². The lowest BCUT2D eigenvalue weighted by Crippen LogP contribution is -2.46. The van der Waals surface area contributed by atoms with Crippen molar-refractivity contribution >= 4 is 29.3 Å². The van der Waals surface area contributed by atoms with Crippen molar-refractivity contribution in [3.05, 3.63) is 24.3 Å². The summed E-state index contributed by atoms with van der Waals surface area (Å²) in [6.45, 7) is 3.17. The second-order valence-electron chi connectivity index (χ2n) is 5.54. The van der Waals surface area contributed by atoms with E-state index in [9.17, 15) is 9.59 Å². The van der Waals surface area contributed by atoms with Gasteiger partial charge in [-0.15, -0.1) is 11.8 Å². The number of carbonyl (C=O) groups excluding carboxylic acids is 1. The lowest BCUT2D eigenvalue weighted by molar-refractivity contribution is -0.143. The highest BCUT2D eigenvalue weighted by Gasteiger charge is 2.29. The van der Waals surface area contributed by atoms with Crippen molar-refractivity contribution in [3.8, 4) is 0 Å². The van der Waals surface area contributed by atoms with E-state index in [1.54, 1.807) is 11.8 Å². The molecule has 1 amide bonds. The molecule has 2 N–H and O–H groups in total. The van der Waals surface area contributed by atoms with Gasteiger partial charge in [-0.2, -0.15) is 0 Å². The summed E-state index contributed by atoms with van der Waals surface area (Å²) in [6, 6.07) is 7.49. The van der Waals surface area contributed by atoms with E-state index in [0.717, 1.165) is 10.6 Å². The number of thioether (sulfide) groups is 1. The van der Waals surface area contributed by atoms with Crippen molar-refractivity contribution in [1.82, 2.24) is 4.90 Å². The molecule has 22 heavy (non-hydrogen) atoms. The smallest absolute Gasteiger partial charge is 0.306 e. The van der Waals surface area contributed by atoms with Crippen LogP contribution in [0.3, 0.4) is 0 Å². The summed E-state index contributed by atoms with van der Waals surface area (Å²) < 4.78 is 0. The Morgan fingerprint density at radius 2 is 1.86 bits per heavy atom. The highest BCUT2D eigenvalue weighted by molar-refractivity contribution is 7.98. The Kier molecular flexibility index (Phi) is 5.85. The first-order valence-corrected chi connectivity index (χ1v) is 8.65. The molecule has 2 rings (SSSR count). The number of piperidine rings is 1. The normalized spacial score (nSPS) is 17.9. The molecule has 6 heteroatoms. The Labute approximate surface area is 135 Å². The van der Waals surface area contributed by atoms with E-state index in [2.05, 4.69) is 5.32 Å². The summed E-state index contributed by atoms with van der Waals surface area (Å²) in [5.74, 6) is -1.05. The van der Waals surface area contributed by atoms with E-state index >= 15 is 0 Å². The van der Waals surface area contributed by atoms with Crippen LogP contribution < -0.4 is 5.32 Å². The van der Waals surface area contributed by atoms with Gasteiger partial charge in [0.25, 0.3) is 0 Å². The summed E-state index contributed by atoms with van der Waals surface area (Å²) in [4.78, 5) is 26.5. The van der Waals surface area contributed by atoms with Gasteiger partial charge in [-0.05, 0) is 63.4 Å². The quantitative estimate of drug-likeness (QED) is 0.815. The van der Waals surface area contributed by atoms with Crippen molar-refractivity contribution in [2.75, 3.05) is 24.7 Å². The summed E-state index contributed by atoms with van der Waals surface area (Å²) >= 11 is 1.66. The van der Waals surface area contributed by atoms with Crippen LogP contribution in [0, 0.1) is 5.92 Å². The number of anilines is 1. The van der Waals surface area contributed by atoms with Crippen molar-refractivity contribution in [2.24, 2.45) is 5.92 Å². The van der Waals surface area contributed by atoms with Crippen LogP contribution in [0.15, 0.2) is 29.2 Å². The molecule has 0 bridgehead atoms. The van der Waals surface area contributed by atoms with Crippen LogP contribution in [-0.4, -0.2) is 47.3 Å². The van der Waals surface area contributed by atoms with Gasteiger partial charge in [0, 0.05) is 10.6 Å². The minimum atomic E-state index is -0.731. The van der Waals surface area contributed by atoms with Gasteiger partial charge in [-0.1, -0.05) is 0 Å². The van der Waals surface area contributed by atoms with Crippen molar-refractivity contribution in [2.45, 2.75) is 30.7 Å². The Balaban J connectivity index is 1.88. The average molecular weight is 322 g/mol. The summed E-state index contributed by atoms with van der Waals surface area (Å²) in [6.07, 6.45) is 3.22. The number of carbonyl (C=O) groups is 2. The number of nitrogens with zero attached hydrogens (tertiary/aromatic N) is 1. The molecular weight excluding hydrogens is 300 g/mol. The zero-order valence-corrected chi connectivity index (χ0v) is 13.7. The van der Waals surface area contributed by atoms with Gasteiger partial charge in [-0.25, -0.2) is 0 Å². The van der Waals surface area contributed by atoms with Gasteiger partial charge in [0.1, 0.15) is 0 Å². The fraction of sp³-hybridized carbons (Fsp3) is 0.500. The van der Waals surface area contributed by atoms with Gasteiger partial charge < -0.3 is 10.4 Å². The number of carboxylic acids is 1. The number of hydrogen-bond donors (Lipinski definition) is 2. The van der Waals surface area contributed by atoms with E-state index < -0.39 is 5.97 Å². The van der Waals surface area contributed by atoms with Crippen LogP contribution in [0.4, 0.5) is 5.69 Å². The van der Waals surface area contributed by atoms with Gasteiger partial charge in [-0.3, -0.25) is 14.5 Å². The first kappa shape index (κ1) is 16.8. The van der Waals surface area contributed by atoms with Gasteiger partial charge in [0.05, 0.1) is 12.0 Å². The predicted molar refractivity (Wildman–Crippen MR) is 88.2 cm³/mol. The van der Waals surface area contributed by atoms with Crippen molar-refractivity contribution in [1.29, 1.82) is 0 Å². The third-order valence-corrected chi connectivity index (χ3v) is 4.91. The number of benzene rings is 1. The maximum Gasteiger partial charge on any atom is 0.306 e. The van der Waals surface area contributed by atoms with E-state index in [1.807, 2.05) is 42.3 Å². The average Bonchev–Trinajstić information content (AvgIpc) is 2.55. The van der Waals surface area contributed by atoms with Gasteiger partial charge in [0.15, 0.2) is 0 Å². The van der Waals surface area contributed by atoms with Crippen LogP contribution in [0.1, 0.15) is 19.8 Å². The molecule has 5 nitrogen and oxygen atoms in total. The molecule has 1 aromatic carbocycles. The highest BCUT2D eigenvalue weighted by Crippen LogP contribution is 2.21. The molecule has 0 radical (unpaired) electrons. The molecule has 1 saturated heterocycles. The molecule has 0 saturated carbocycles. The molecule has 1 aliphatic rings. The maximum absolute atomic E-state index is 12.3. The molecule has 0 aliphatic carbocycles. The molecular formula is C16H22N2O3S. The van der Waals surface area contributed by atoms with Crippen LogP contribution in [0.25, 0.3) is 0 Å². The molecule has 1 fully saturated rings. The first-order valence-electron chi connectivity index (χ1n) is 7.43. The monoisotopic (exact) mass is 322 g/mol. The van der Waals surface area contributed by atoms with E-state index in [4.69, 9.17) is 5.11 Å². The lowest BCUT2D eigenvalue weighted by Gasteiger charge is -2.33. The number of nitrogens with one attached hydrogen (secondary N) is 1. The topological polar surface area (TPSA) is 69.6 Å². The number of amides is 1. The summed E-state index contributed by atoms with van der Waals surface area (Å²) in [5.41, 5.74) is 0.787. The maximum atomic E-state index is 12.3. The van der Waals surface area contributed by atoms with Crippen molar-refractivity contribution < 1.29 is 14.7 Å². The lowest BCUT2D eigenvalue weighted by atomic mass is 9.96. The molecule has 0 aromatic heterocycles. The Morgan fingerprint density at radius 3 is 2.36 bits per heavy atom. The number of hydrogen-bond acceptors (Lipinski definition) is 4. The molecule has 120 valence electrons. The predicted octanol–water partition coefficient (Wildman–Crippen LogP) is 2.53. The standard InChI is InChI=1S/C16H22N2O3S/c1-11(18-9-7-12(8-10-18)16(20)21)15(19)17-13-3-5-14(22-2)6-4-13/h3-6,11-12H,7-10H2,1-2H3,(H,17,19)(H,20,21). The first-order chi connectivity index (χ1) is 10.5.